The molecule has 2 radical (unpaired) electrons. The van der Waals surface area contributed by atoms with Gasteiger partial charge in [-0.05, 0) is 5.41 Å². The second-order valence-electron chi connectivity index (χ2n) is 5.86. The molecule has 2 atom stereocenters. The second kappa shape index (κ2) is 8.32. The van der Waals surface area contributed by atoms with Crippen LogP contribution in [0.4, 0.5) is 0 Å². The molecule has 14 heavy (non-hydrogen) atoms. The van der Waals surface area contributed by atoms with Crippen LogP contribution in [0.1, 0.15) is 47.5 Å². The summed E-state index contributed by atoms with van der Waals surface area (Å²) in [7, 11) is 0. The standard InChI is InChI=1S/C12H24.2Y/c1-10(2)8-12(6,7)9-11(3,4)5;;/h10H,1,6,8-9H2,2-5,7H3;;/q-2;;/t10-,12+;;/m1../s1. The van der Waals surface area contributed by atoms with Crippen molar-refractivity contribution in [2.24, 2.45) is 16.7 Å². The summed E-state index contributed by atoms with van der Waals surface area (Å²) in [5.74, 6) is 0.509. The Labute approximate surface area is 142 Å². The fourth-order valence-corrected chi connectivity index (χ4v) is 2.19. The maximum absolute atomic E-state index is 4.26. The van der Waals surface area contributed by atoms with Crippen LogP contribution >= 0.6 is 0 Å². The third-order valence-electron chi connectivity index (χ3n) is 1.80. The monoisotopic (exact) mass is 346 g/mol. The Bertz CT molecular complexity index is 132. The van der Waals surface area contributed by atoms with E-state index < -0.39 is 0 Å². The van der Waals surface area contributed by atoms with Gasteiger partial charge in [0, 0.05) is 65.4 Å². The first-order valence-corrected chi connectivity index (χ1v) is 4.81. The Kier molecular flexibility index (Phi) is 12.8. The number of hydrogen-bond donors (Lipinski definition) is 0. The molecule has 0 N–H and O–H groups in total. The predicted molar refractivity (Wildman–Crippen MR) is 56.7 cm³/mol. The average molecular weight is 346 g/mol. The molecule has 0 aliphatic rings. The number of hydrogen-bond acceptors (Lipinski definition) is 0. The zero-order valence-corrected chi connectivity index (χ0v) is 16.2. The molecule has 0 nitrogen and oxygen atoms in total. The van der Waals surface area contributed by atoms with Crippen molar-refractivity contribution >= 4 is 0 Å². The maximum Gasteiger partial charge on any atom is 0 e. The van der Waals surface area contributed by atoms with Crippen molar-refractivity contribution in [1.29, 1.82) is 0 Å². The van der Waals surface area contributed by atoms with E-state index >= 15 is 0 Å². The van der Waals surface area contributed by atoms with E-state index in [0.29, 0.717) is 11.3 Å². The molecule has 0 spiro atoms. The van der Waals surface area contributed by atoms with Crippen molar-refractivity contribution in [3.05, 3.63) is 13.8 Å². The average Bonchev–Trinajstić information content (AvgIpc) is 1.48. The van der Waals surface area contributed by atoms with E-state index in [9.17, 15) is 0 Å². The van der Waals surface area contributed by atoms with E-state index in [-0.39, 0.29) is 70.8 Å². The van der Waals surface area contributed by atoms with Crippen LogP contribution in [0.25, 0.3) is 0 Å². The molecule has 0 unspecified atom stereocenters. The van der Waals surface area contributed by atoms with Crippen molar-refractivity contribution in [2.45, 2.75) is 47.5 Å². The van der Waals surface area contributed by atoms with Gasteiger partial charge in [-0.2, -0.15) is 11.3 Å². The van der Waals surface area contributed by atoms with Crippen LogP contribution in [0.2, 0.25) is 0 Å². The summed E-state index contributed by atoms with van der Waals surface area (Å²) >= 11 is 0. The van der Waals surface area contributed by atoms with Crippen molar-refractivity contribution < 1.29 is 65.4 Å². The van der Waals surface area contributed by atoms with Gasteiger partial charge in [0.15, 0.2) is 0 Å². The predicted octanol–water partition coefficient (Wildman–Crippen LogP) is 4.12. The van der Waals surface area contributed by atoms with Crippen LogP contribution in [0, 0.1) is 30.6 Å². The van der Waals surface area contributed by atoms with Gasteiger partial charge >= 0.3 is 0 Å². The Morgan fingerprint density at radius 2 is 1.43 bits per heavy atom. The summed E-state index contributed by atoms with van der Waals surface area (Å²) in [5, 5.41) is 0. The van der Waals surface area contributed by atoms with Gasteiger partial charge in [-0.1, -0.05) is 41.0 Å². The Morgan fingerprint density at radius 1 is 1.07 bits per heavy atom. The van der Waals surface area contributed by atoms with E-state index in [0.717, 1.165) is 6.42 Å². The summed E-state index contributed by atoms with van der Waals surface area (Å²) in [4.78, 5) is 0. The number of rotatable bonds is 3. The van der Waals surface area contributed by atoms with E-state index in [1.807, 2.05) is 0 Å². The quantitative estimate of drug-likeness (QED) is 0.675. The molecule has 0 fully saturated rings. The molecule has 0 heterocycles. The zero-order chi connectivity index (χ0) is 9.99. The van der Waals surface area contributed by atoms with E-state index in [2.05, 4.69) is 48.5 Å². The summed E-state index contributed by atoms with van der Waals surface area (Å²) < 4.78 is 0. The molecule has 0 amide bonds. The summed E-state index contributed by atoms with van der Waals surface area (Å²) in [6, 6.07) is 0. The van der Waals surface area contributed by atoms with Crippen molar-refractivity contribution in [3.8, 4) is 0 Å². The summed E-state index contributed by atoms with van der Waals surface area (Å²) in [6.45, 7) is 19.5. The minimum Gasteiger partial charge on any atom is -0.341 e. The Balaban J connectivity index is -0.000000605. The van der Waals surface area contributed by atoms with Crippen LogP contribution < -0.4 is 0 Å². The van der Waals surface area contributed by atoms with Gasteiger partial charge in [0.2, 0.25) is 0 Å². The van der Waals surface area contributed by atoms with Gasteiger partial charge < -0.3 is 13.8 Å². The minimum atomic E-state index is 0. The smallest absolute Gasteiger partial charge is 0 e. The first-order chi connectivity index (χ1) is 5.12. The van der Waals surface area contributed by atoms with E-state index in [1.165, 1.54) is 6.42 Å². The first kappa shape index (κ1) is 21.5. The van der Waals surface area contributed by atoms with Crippen LogP contribution in [0.15, 0.2) is 0 Å². The van der Waals surface area contributed by atoms with Crippen LogP contribution in [-0.2, 0) is 65.4 Å². The molecular formula is C12H24Y2-2. The Hall–Kier alpha value is 2.21. The van der Waals surface area contributed by atoms with E-state index in [1.54, 1.807) is 0 Å². The Morgan fingerprint density at radius 3 is 1.64 bits per heavy atom. The van der Waals surface area contributed by atoms with Crippen LogP contribution in [0.3, 0.4) is 0 Å². The largest absolute Gasteiger partial charge is 0.341 e. The van der Waals surface area contributed by atoms with Crippen molar-refractivity contribution in [2.75, 3.05) is 0 Å². The third kappa shape index (κ3) is 14.2. The normalized spacial score (nSPS) is 17.4. The summed E-state index contributed by atoms with van der Waals surface area (Å²) in [5.41, 5.74) is 0.574. The molecule has 0 saturated carbocycles. The minimum absolute atomic E-state index is 0. The SMILES string of the molecule is [CH2-][C@H](C)C[C@]([CH2-])(C)CC(C)(C)C.[Y].[Y]. The first-order valence-electron chi connectivity index (χ1n) is 4.81. The molecular weight excluding hydrogens is 322 g/mol. The van der Waals surface area contributed by atoms with Crippen LogP contribution in [-0.4, -0.2) is 0 Å². The molecule has 0 saturated heterocycles. The summed E-state index contributed by atoms with van der Waals surface area (Å²) in [6.07, 6.45) is 2.28. The fraction of sp³-hybridized carbons (Fsp3) is 0.833. The fourth-order valence-electron chi connectivity index (χ4n) is 2.19. The van der Waals surface area contributed by atoms with Gasteiger partial charge in [0.25, 0.3) is 0 Å². The maximum atomic E-state index is 4.26. The van der Waals surface area contributed by atoms with E-state index in [4.69, 9.17) is 0 Å². The molecule has 0 aromatic rings. The van der Waals surface area contributed by atoms with Gasteiger partial charge in [0.1, 0.15) is 0 Å². The molecule has 0 aliphatic heterocycles. The van der Waals surface area contributed by atoms with Gasteiger partial charge in [-0.25, -0.2) is 0 Å². The topological polar surface area (TPSA) is 0 Å². The molecule has 0 bridgehead atoms. The van der Waals surface area contributed by atoms with Crippen LogP contribution in [0.5, 0.6) is 0 Å². The van der Waals surface area contributed by atoms with Gasteiger partial charge in [-0.3, -0.25) is 0 Å². The molecule has 2 heteroatoms. The van der Waals surface area contributed by atoms with Gasteiger partial charge in [-0.15, -0.1) is 6.42 Å². The molecule has 0 aliphatic carbocycles. The second-order valence-corrected chi connectivity index (χ2v) is 5.86. The van der Waals surface area contributed by atoms with Gasteiger partial charge in [0.05, 0.1) is 0 Å². The third-order valence-corrected chi connectivity index (χ3v) is 1.80. The zero-order valence-electron chi connectivity index (χ0n) is 10.6. The molecule has 80 valence electrons. The molecule has 0 aromatic heterocycles. The molecule has 0 aromatic carbocycles. The molecule has 0 rings (SSSR count). The van der Waals surface area contributed by atoms with Crippen molar-refractivity contribution in [1.82, 2.24) is 0 Å². The van der Waals surface area contributed by atoms with Crippen molar-refractivity contribution in [3.63, 3.8) is 0 Å².